The molecule has 1 heterocycles. The highest BCUT2D eigenvalue weighted by Crippen LogP contribution is 2.29. The van der Waals surface area contributed by atoms with Crippen LogP contribution in [0, 0.1) is 0 Å². The van der Waals surface area contributed by atoms with E-state index in [-0.39, 0.29) is 4.91 Å². The Labute approximate surface area is 178 Å². The number of carboxylic acids is 1. The molecule has 0 fully saturated rings. The standard InChI is InChI=1S/C21H20ClN3O3S/c1-2-6-19-23-21(25-24-19)29-18(20(26)27)12-15-8-3-4-10-17(15)28-13-14-7-5-9-16(22)11-14/h3-5,7-12H,2,6,13H2,1H3,(H,26,27)(H,23,24,25)/b18-12-. The minimum atomic E-state index is -1.05. The van der Waals surface area contributed by atoms with Gasteiger partial charge in [0.25, 0.3) is 0 Å². The van der Waals surface area contributed by atoms with Crippen LogP contribution >= 0.6 is 23.4 Å². The lowest BCUT2D eigenvalue weighted by atomic mass is 10.2. The number of benzene rings is 2. The van der Waals surface area contributed by atoms with Crippen molar-refractivity contribution in [2.45, 2.75) is 31.5 Å². The number of ether oxygens (including phenoxy) is 1. The van der Waals surface area contributed by atoms with E-state index in [0.29, 0.717) is 28.1 Å². The predicted octanol–water partition coefficient (Wildman–Crippen LogP) is 5.21. The molecule has 0 aliphatic carbocycles. The van der Waals surface area contributed by atoms with Crippen LogP contribution in [0.4, 0.5) is 0 Å². The van der Waals surface area contributed by atoms with Gasteiger partial charge in [-0.1, -0.05) is 48.9 Å². The molecule has 29 heavy (non-hydrogen) atoms. The molecule has 0 amide bonds. The first-order chi connectivity index (χ1) is 14.0. The van der Waals surface area contributed by atoms with Gasteiger partial charge in [0.15, 0.2) is 0 Å². The minimum absolute atomic E-state index is 0.103. The second kappa shape index (κ2) is 10.1. The van der Waals surface area contributed by atoms with Crippen LogP contribution in [0.1, 0.15) is 30.3 Å². The molecule has 2 aromatic carbocycles. The number of hydrogen-bond acceptors (Lipinski definition) is 5. The van der Waals surface area contributed by atoms with E-state index in [1.165, 1.54) is 0 Å². The number of aromatic nitrogens is 3. The fraction of sp³-hybridized carbons (Fsp3) is 0.190. The Hall–Kier alpha value is -2.77. The Kier molecular flexibility index (Phi) is 7.32. The van der Waals surface area contributed by atoms with Crippen LogP contribution in [0.3, 0.4) is 0 Å². The van der Waals surface area contributed by atoms with Crippen molar-refractivity contribution in [2.24, 2.45) is 0 Å². The smallest absolute Gasteiger partial charge is 0.342 e. The van der Waals surface area contributed by atoms with Crippen LogP contribution in [-0.4, -0.2) is 26.3 Å². The third-order valence-electron chi connectivity index (χ3n) is 3.90. The van der Waals surface area contributed by atoms with E-state index in [1.54, 1.807) is 24.3 Å². The fourth-order valence-electron chi connectivity index (χ4n) is 2.57. The van der Waals surface area contributed by atoms with Crippen molar-refractivity contribution in [3.8, 4) is 5.75 Å². The van der Waals surface area contributed by atoms with Crippen molar-refractivity contribution in [3.63, 3.8) is 0 Å². The average molecular weight is 430 g/mol. The molecular weight excluding hydrogens is 410 g/mol. The van der Waals surface area contributed by atoms with Crippen molar-refractivity contribution in [3.05, 3.63) is 75.4 Å². The molecule has 1 aromatic heterocycles. The second-order valence-electron chi connectivity index (χ2n) is 6.19. The Morgan fingerprint density at radius 3 is 2.86 bits per heavy atom. The van der Waals surface area contributed by atoms with Crippen molar-refractivity contribution in [1.29, 1.82) is 0 Å². The Morgan fingerprint density at radius 2 is 2.10 bits per heavy atom. The summed E-state index contributed by atoms with van der Waals surface area (Å²) < 4.78 is 5.90. The number of thioether (sulfide) groups is 1. The van der Waals surface area contributed by atoms with E-state index >= 15 is 0 Å². The number of nitrogens with one attached hydrogen (secondary N) is 1. The summed E-state index contributed by atoms with van der Waals surface area (Å²) in [5, 5.41) is 17.6. The maximum absolute atomic E-state index is 11.8. The van der Waals surface area contributed by atoms with Gasteiger partial charge in [-0.3, -0.25) is 5.10 Å². The van der Waals surface area contributed by atoms with Crippen LogP contribution in [0.2, 0.25) is 5.02 Å². The molecule has 0 bridgehead atoms. The molecular formula is C21H20ClN3O3S. The van der Waals surface area contributed by atoms with Crippen LogP contribution in [0.5, 0.6) is 5.75 Å². The van der Waals surface area contributed by atoms with E-state index in [0.717, 1.165) is 36.0 Å². The van der Waals surface area contributed by atoms with Gasteiger partial charge in [0, 0.05) is 17.0 Å². The molecule has 150 valence electrons. The monoisotopic (exact) mass is 429 g/mol. The molecule has 0 saturated heterocycles. The SMILES string of the molecule is CCCc1nc(S/C(=C\c2ccccc2OCc2cccc(Cl)c2)C(=O)O)n[nH]1. The number of nitrogens with zero attached hydrogens (tertiary/aromatic N) is 2. The normalized spacial score (nSPS) is 11.4. The quantitative estimate of drug-likeness (QED) is 0.358. The van der Waals surface area contributed by atoms with E-state index < -0.39 is 5.97 Å². The highest BCUT2D eigenvalue weighted by molar-refractivity contribution is 8.04. The summed E-state index contributed by atoms with van der Waals surface area (Å²) in [6, 6.07) is 14.7. The first kappa shape index (κ1) is 21.0. The van der Waals surface area contributed by atoms with Crippen molar-refractivity contribution in [1.82, 2.24) is 15.2 Å². The third kappa shape index (κ3) is 6.10. The van der Waals surface area contributed by atoms with Gasteiger partial charge in [0.1, 0.15) is 23.1 Å². The van der Waals surface area contributed by atoms with Crippen LogP contribution in [0.15, 0.2) is 58.6 Å². The summed E-state index contributed by atoms with van der Waals surface area (Å²) >= 11 is 7.01. The lowest BCUT2D eigenvalue weighted by Gasteiger charge is -2.10. The summed E-state index contributed by atoms with van der Waals surface area (Å²) in [5.74, 6) is 0.264. The fourth-order valence-corrected chi connectivity index (χ4v) is 3.50. The van der Waals surface area contributed by atoms with E-state index in [9.17, 15) is 9.90 Å². The highest BCUT2D eigenvalue weighted by atomic mass is 35.5. The molecule has 6 nitrogen and oxygen atoms in total. The number of hydrogen-bond donors (Lipinski definition) is 2. The number of H-pyrrole nitrogens is 1. The third-order valence-corrected chi connectivity index (χ3v) is 5.01. The van der Waals surface area contributed by atoms with Gasteiger partial charge in [0.05, 0.1) is 0 Å². The van der Waals surface area contributed by atoms with Gasteiger partial charge in [-0.05, 0) is 48.0 Å². The van der Waals surface area contributed by atoms with Gasteiger partial charge in [-0.25, -0.2) is 9.78 Å². The predicted molar refractivity (Wildman–Crippen MR) is 114 cm³/mol. The summed E-state index contributed by atoms with van der Waals surface area (Å²) in [5.41, 5.74) is 1.58. The molecule has 3 rings (SSSR count). The van der Waals surface area contributed by atoms with E-state index in [1.807, 2.05) is 37.3 Å². The molecule has 0 atom stereocenters. The molecule has 2 N–H and O–H groups in total. The van der Waals surface area contributed by atoms with Gasteiger partial charge >= 0.3 is 5.97 Å². The zero-order chi connectivity index (χ0) is 20.6. The van der Waals surface area contributed by atoms with Gasteiger partial charge in [0.2, 0.25) is 5.16 Å². The lowest BCUT2D eigenvalue weighted by molar-refractivity contribution is -0.131. The minimum Gasteiger partial charge on any atom is -0.488 e. The topological polar surface area (TPSA) is 88.1 Å². The summed E-state index contributed by atoms with van der Waals surface area (Å²) in [6.45, 7) is 2.36. The number of carbonyl (C=O) groups is 1. The Balaban J connectivity index is 1.79. The Morgan fingerprint density at radius 1 is 1.28 bits per heavy atom. The van der Waals surface area contributed by atoms with Gasteiger partial charge in [-0.15, -0.1) is 5.10 Å². The lowest BCUT2D eigenvalue weighted by Crippen LogP contribution is -2.00. The number of halogens is 1. The maximum atomic E-state index is 11.8. The second-order valence-corrected chi connectivity index (χ2v) is 7.63. The summed E-state index contributed by atoms with van der Waals surface area (Å²) in [7, 11) is 0. The number of aromatic amines is 1. The van der Waals surface area contributed by atoms with Crippen LogP contribution in [0.25, 0.3) is 6.08 Å². The molecule has 0 spiro atoms. The number of aliphatic carboxylic acids is 1. The van der Waals surface area contributed by atoms with Crippen LogP contribution < -0.4 is 4.74 Å². The summed E-state index contributed by atoms with van der Waals surface area (Å²) in [4.78, 5) is 16.2. The largest absolute Gasteiger partial charge is 0.488 e. The van der Waals surface area contributed by atoms with Crippen molar-refractivity contribution < 1.29 is 14.6 Å². The van der Waals surface area contributed by atoms with Crippen molar-refractivity contribution in [2.75, 3.05) is 0 Å². The van der Waals surface area contributed by atoms with E-state index in [2.05, 4.69) is 15.2 Å². The number of carboxylic acid groups (broad SMARTS) is 1. The Bertz CT molecular complexity index is 1020. The molecule has 0 radical (unpaired) electrons. The zero-order valence-corrected chi connectivity index (χ0v) is 17.3. The molecule has 3 aromatic rings. The summed E-state index contributed by atoms with van der Waals surface area (Å²) in [6.07, 6.45) is 3.26. The number of rotatable bonds is 9. The molecule has 8 heteroatoms. The molecule has 0 aliphatic rings. The molecule has 0 saturated carbocycles. The molecule has 0 aliphatic heterocycles. The maximum Gasteiger partial charge on any atom is 0.342 e. The first-order valence-electron chi connectivity index (χ1n) is 9.05. The molecule has 0 unspecified atom stereocenters. The number of aryl methyl sites for hydroxylation is 1. The van der Waals surface area contributed by atoms with Crippen molar-refractivity contribution >= 4 is 35.4 Å². The average Bonchev–Trinajstić information content (AvgIpc) is 3.14. The van der Waals surface area contributed by atoms with Gasteiger partial charge in [-0.2, -0.15) is 0 Å². The zero-order valence-electron chi connectivity index (χ0n) is 15.8. The van der Waals surface area contributed by atoms with E-state index in [4.69, 9.17) is 16.3 Å². The highest BCUT2D eigenvalue weighted by Gasteiger charge is 2.15. The first-order valence-corrected chi connectivity index (χ1v) is 10.2. The van der Waals surface area contributed by atoms with Gasteiger partial charge < -0.3 is 9.84 Å². The van der Waals surface area contributed by atoms with Crippen LogP contribution in [-0.2, 0) is 17.8 Å². The number of para-hydroxylation sites is 1.